The zero-order valence-electron chi connectivity index (χ0n) is 15.4. The number of pyridine rings is 1. The molecule has 7 heteroatoms. The summed E-state index contributed by atoms with van der Waals surface area (Å²) in [5, 5.41) is 9.04. The van der Waals surface area contributed by atoms with Crippen LogP contribution in [0, 0.1) is 0 Å². The summed E-state index contributed by atoms with van der Waals surface area (Å²) in [4.78, 5) is 27.9. The highest BCUT2D eigenvalue weighted by molar-refractivity contribution is 5.91. The van der Waals surface area contributed by atoms with Gasteiger partial charge in [-0.1, -0.05) is 12.1 Å². The SMILES string of the molecule is CC(C)(C)OC(=O)c1ccn2c(CN)c(-c3ccc(C(=O)O)cc3)nc2c1. The number of aromatic carboxylic acids is 1. The number of rotatable bonds is 4. The van der Waals surface area contributed by atoms with Gasteiger partial charge in [-0.15, -0.1) is 0 Å². The average molecular weight is 367 g/mol. The maximum absolute atomic E-state index is 12.3. The fourth-order valence-corrected chi connectivity index (χ4v) is 2.76. The van der Waals surface area contributed by atoms with Crippen molar-refractivity contribution in [1.29, 1.82) is 0 Å². The fraction of sp³-hybridized carbons (Fsp3) is 0.250. The summed E-state index contributed by atoms with van der Waals surface area (Å²) in [6, 6.07) is 9.75. The Kier molecular flexibility index (Phi) is 4.72. The third-order valence-corrected chi connectivity index (χ3v) is 3.96. The number of benzene rings is 1. The number of ether oxygens (including phenoxy) is 1. The molecule has 0 spiro atoms. The molecule has 0 unspecified atom stereocenters. The number of esters is 1. The Bertz CT molecular complexity index is 1010. The van der Waals surface area contributed by atoms with Crippen molar-refractivity contribution in [3.05, 3.63) is 59.4 Å². The number of carboxylic acid groups (broad SMARTS) is 1. The van der Waals surface area contributed by atoms with E-state index in [0.29, 0.717) is 16.9 Å². The van der Waals surface area contributed by atoms with Gasteiger partial charge < -0.3 is 20.0 Å². The van der Waals surface area contributed by atoms with E-state index in [1.807, 2.05) is 25.2 Å². The molecule has 7 nitrogen and oxygen atoms in total. The lowest BCUT2D eigenvalue weighted by atomic mass is 10.1. The molecule has 2 heterocycles. The number of carbonyl (C=O) groups excluding carboxylic acids is 1. The number of carboxylic acids is 1. The summed E-state index contributed by atoms with van der Waals surface area (Å²) in [6.07, 6.45) is 1.74. The van der Waals surface area contributed by atoms with Crippen LogP contribution in [0.3, 0.4) is 0 Å². The zero-order chi connectivity index (χ0) is 19.8. The molecular weight excluding hydrogens is 346 g/mol. The summed E-state index contributed by atoms with van der Waals surface area (Å²) >= 11 is 0. The van der Waals surface area contributed by atoms with E-state index in [0.717, 1.165) is 11.3 Å². The largest absolute Gasteiger partial charge is 0.478 e. The van der Waals surface area contributed by atoms with E-state index in [1.54, 1.807) is 30.5 Å². The van der Waals surface area contributed by atoms with Gasteiger partial charge in [-0.25, -0.2) is 14.6 Å². The quantitative estimate of drug-likeness (QED) is 0.686. The molecule has 3 N–H and O–H groups in total. The van der Waals surface area contributed by atoms with Crippen LogP contribution in [0.1, 0.15) is 47.2 Å². The van der Waals surface area contributed by atoms with E-state index in [9.17, 15) is 9.59 Å². The lowest BCUT2D eigenvalue weighted by Crippen LogP contribution is -2.23. The first kappa shape index (κ1) is 18.6. The van der Waals surface area contributed by atoms with Gasteiger partial charge in [0, 0.05) is 18.3 Å². The standard InChI is InChI=1S/C20H21N3O4/c1-20(2,3)27-19(26)14-8-9-23-15(11-21)17(22-16(23)10-14)12-4-6-13(7-5-12)18(24)25/h4-10H,11,21H2,1-3H3,(H,24,25). The van der Waals surface area contributed by atoms with E-state index in [4.69, 9.17) is 15.6 Å². The second kappa shape index (κ2) is 6.85. The molecule has 0 atom stereocenters. The van der Waals surface area contributed by atoms with Crippen molar-refractivity contribution < 1.29 is 19.4 Å². The van der Waals surface area contributed by atoms with Crippen molar-refractivity contribution in [1.82, 2.24) is 9.38 Å². The molecule has 3 aromatic rings. The number of nitrogens with zero attached hydrogens (tertiary/aromatic N) is 2. The highest BCUT2D eigenvalue weighted by Crippen LogP contribution is 2.25. The van der Waals surface area contributed by atoms with Gasteiger partial charge in [0.25, 0.3) is 0 Å². The van der Waals surface area contributed by atoms with Crippen LogP contribution in [0.15, 0.2) is 42.6 Å². The Balaban J connectivity index is 2.04. The molecule has 0 saturated heterocycles. The second-order valence-electron chi connectivity index (χ2n) is 7.14. The van der Waals surface area contributed by atoms with Crippen LogP contribution in [0.4, 0.5) is 0 Å². The molecule has 0 bridgehead atoms. The molecule has 0 fully saturated rings. The van der Waals surface area contributed by atoms with E-state index in [1.165, 1.54) is 12.1 Å². The van der Waals surface area contributed by atoms with Gasteiger partial charge in [0.15, 0.2) is 0 Å². The number of fused-ring (bicyclic) bond motifs is 1. The molecule has 0 aliphatic carbocycles. The minimum Gasteiger partial charge on any atom is -0.478 e. The molecular formula is C20H21N3O4. The van der Waals surface area contributed by atoms with Gasteiger partial charge in [0.05, 0.1) is 22.5 Å². The summed E-state index contributed by atoms with van der Waals surface area (Å²) in [7, 11) is 0. The topological polar surface area (TPSA) is 107 Å². The number of nitrogens with two attached hydrogens (primary N) is 1. The van der Waals surface area contributed by atoms with Crippen LogP contribution in [0.25, 0.3) is 16.9 Å². The average Bonchev–Trinajstić information content (AvgIpc) is 2.98. The first-order chi connectivity index (χ1) is 12.7. The van der Waals surface area contributed by atoms with Gasteiger partial charge in [-0.2, -0.15) is 0 Å². The van der Waals surface area contributed by atoms with Crippen LogP contribution >= 0.6 is 0 Å². The summed E-state index contributed by atoms with van der Waals surface area (Å²) in [5.74, 6) is -1.41. The zero-order valence-corrected chi connectivity index (χ0v) is 15.4. The molecule has 0 saturated carbocycles. The Labute approximate surface area is 156 Å². The molecule has 0 radical (unpaired) electrons. The Morgan fingerprint density at radius 3 is 2.37 bits per heavy atom. The van der Waals surface area contributed by atoms with Crippen molar-refractivity contribution in [3.8, 4) is 11.3 Å². The van der Waals surface area contributed by atoms with E-state index in [-0.39, 0.29) is 12.1 Å². The van der Waals surface area contributed by atoms with Gasteiger partial charge in [0.2, 0.25) is 0 Å². The number of hydrogen-bond acceptors (Lipinski definition) is 5. The number of carbonyl (C=O) groups is 2. The van der Waals surface area contributed by atoms with E-state index >= 15 is 0 Å². The molecule has 3 rings (SSSR count). The third-order valence-electron chi connectivity index (χ3n) is 3.96. The van der Waals surface area contributed by atoms with Crippen LogP contribution < -0.4 is 5.73 Å². The van der Waals surface area contributed by atoms with Gasteiger partial charge in [-0.3, -0.25) is 0 Å². The molecule has 0 amide bonds. The normalized spacial score (nSPS) is 11.6. The molecule has 27 heavy (non-hydrogen) atoms. The van der Waals surface area contributed by atoms with Crippen molar-refractivity contribution in [2.24, 2.45) is 5.73 Å². The highest BCUT2D eigenvalue weighted by Gasteiger charge is 2.20. The maximum atomic E-state index is 12.3. The monoisotopic (exact) mass is 367 g/mol. The van der Waals surface area contributed by atoms with Gasteiger partial charge in [-0.05, 0) is 45.0 Å². The minimum absolute atomic E-state index is 0.198. The van der Waals surface area contributed by atoms with Crippen molar-refractivity contribution in [2.75, 3.05) is 0 Å². The van der Waals surface area contributed by atoms with Crippen LogP contribution in [0.5, 0.6) is 0 Å². The number of aromatic nitrogens is 2. The molecule has 140 valence electrons. The fourth-order valence-electron chi connectivity index (χ4n) is 2.76. The Morgan fingerprint density at radius 2 is 1.81 bits per heavy atom. The van der Waals surface area contributed by atoms with Gasteiger partial charge >= 0.3 is 11.9 Å². The molecule has 1 aromatic carbocycles. The summed E-state index contributed by atoms with van der Waals surface area (Å²) in [5.41, 5.74) is 8.66. The number of hydrogen-bond donors (Lipinski definition) is 2. The van der Waals surface area contributed by atoms with Crippen molar-refractivity contribution in [3.63, 3.8) is 0 Å². The van der Waals surface area contributed by atoms with Crippen molar-refractivity contribution >= 4 is 17.6 Å². The van der Waals surface area contributed by atoms with E-state index in [2.05, 4.69) is 4.98 Å². The van der Waals surface area contributed by atoms with Crippen LogP contribution in [-0.4, -0.2) is 32.0 Å². The lowest BCUT2D eigenvalue weighted by molar-refractivity contribution is 0.00693. The molecule has 0 aliphatic heterocycles. The highest BCUT2D eigenvalue weighted by atomic mass is 16.6. The van der Waals surface area contributed by atoms with Crippen LogP contribution in [0.2, 0.25) is 0 Å². The van der Waals surface area contributed by atoms with Crippen molar-refractivity contribution in [2.45, 2.75) is 32.9 Å². The molecule has 2 aromatic heterocycles. The summed E-state index contributed by atoms with van der Waals surface area (Å²) < 4.78 is 7.21. The van der Waals surface area contributed by atoms with E-state index < -0.39 is 17.5 Å². The number of imidazole rings is 1. The minimum atomic E-state index is -0.988. The summed E-state index contributed by atoms with van der Waals surface area (Å²) in [6.45, 7) is 5.67. The third kappa shape index (κ3) is 3.83. The van der Waals surface area contributed by atoms with Crippen LogP contribution in [-0.2, 0) is 11.3 Å². The Morgan fingerprint density at radius 1 is 1.15 bits per heavy atom. The lowest BCUT2D eigenvalue weighted by Gasteiger charge is -2.19. The van der Waals surface area contributed by atoms with Gasteiger partial charge in [0.1, 0.15) is 11.2 Å². The predicted molar refractivity (Wildman–Crippen MR) is 101 cm³/mol. The first-order valence-electron chi connectivity index (χ1n) is 8.48. The maximum Gasteiger partial charge on any atom is 0.338 e. The Hall–Kier alpha value is -3.19. The molecule has 0 aliphatic rings. The first-order valence-corrected chi connectivity index (χ1v) is 8.48. The smallest absolute Gasteiger partial charge is 0.338 e. The predicted octanol–water partition coefficient (Wildman–Crippen LogP) is 3.11. The second-order valence-corrected chi connectivity index (χ2v) is 7.14.